The Morgan fingerprint density at radius 1 is 1.08 bits per heavy atom. The molecule has 138 valence electrons. The van der Waals surface area contributed by atoms with Gasteiger partial charge in [-0.1, -0.05) is 29.8 Å². The second-order valence-electron chi connectivity index (χ2n) is 6.39. The number of nitrogens with one attached hydrogen (secondary N) is 1. The molecule has 1 aromatic heterocycles. The number of hydrogen-bond donors (Lipinski definition) is 2. The van der Waals surface area contributed by atoms with Crippen molar-refractivity contribution in [2.24, 2.45) is 12.8 Å². The number of hydrogen-bond acceptors (Lipinski definition) is 3. The molecule has 0 aliphatic carbocycles. The molecule has 0 amide bonds. The normalized spacial score (nSPS) is 11.2. The first-order chi connectivity index (χ1) is 12.7. The molecule has 0 bridgehead atoms. The number of halogens is 1. The molecule has 2 aromatic carbocycles. The van der Waals surface area contributed by atoms with Crippen molar-refractivity contribution in [2.45, 2.75) is 19.4 Å². The molecule has 0 saturated heterocycles. The lowest BCUT2D eigenvalue weighted by atomic mass is 10.1. The second-order valence-corrected chi connectivity index (χ2v) is 6.82. The van der Waals surface area contributed by atoms with Crippen molar-refractivity contribution in [3.63, 3.8) is 0 Å². The van der Waals surface area contributed by atoms with E-state index >= 15 is 0 Å². The van der Waals surface area contributed by atoms with Gasteiger partial charge in [-0.05, 0) is 68.4 Å². The zero-order valence-corrected chi connectivity index (χ0v) is 15.9. The van der Waals surface area contributed by atoms with Gasteiger partial charge in [-0.3, -0.25) is 0 Å². The number of nitrogens with zero attached hydrogens (tertiary/aromatic N) is 1. The van der Waals surface area contributed by atoms with Gasteiger partial charge in [0.05, 0.1) is 5.69 Å². The average Bonchev–Trinajstić information content (AvgIpc) is 2.93. The van der Waals surface area contributed by atoms with Gasteiger partial charge < -0.3 is 20.4 Å². The van der Waals surface area contributed by atoms with Crippen molar-refractivity contribution in [3.05, 3.63) is 64.8 Å². The summed E-state index contributed by atoms with van der Waals surface area (Å²) in [6.07, 6.45) is 1.97. The summed E-state index contributed by atoms with van der Waals surface area (Å²) in [6, 6.07) is 16.0. The number of aromatic nitrogens is 1. The summed E-state index contributed by atoms with van der Waals surface area (Å²) in [7, 11) is 2.11. The molecule has 26 heavy (non-hydrogen) atoms. The van der Waals surface area contributed by atoms with E-state index in [1.54, 1.807) is 0 Å². The van der Waals surface area contributed by atoms with Gasteiger partial charge in [0.2, 0.25) is 0 Å². The molecule has 0 aliphatic rings. The van der Waals surface area contributed by atoms with Crippen LogP contribution < -0.4 is 15.8 Å². The Morgan fingerprint density at radius 3 is 2.62 bits per heavy atom. The number of para-hydroxylation sites is 1. The minimum Gasteiger partial charge on any atom is -0.487 e. The molecule has 0 atom stereocenters. The van der Waals surface area contributed by atoms with Gasteiger partial charge in [0.25, 0.3) is 0 Å². The van der Waals surface area contributed by atoms with E-state index in [2.05, 4.69) is 41.2 Å². The average molecular weight is 372 g/mol. The Kier molecular flexibility index (Phi) is 6.56. The zero-order chi connectivity index (χ0) is 18.4. The molecule has 0 radical (unpaired) electrons. The topological polar surface area (TPSA) is 52.2 Å². The number of fused-ring (bicyclic) bond motifs is 1. The highest BCUT2D eigenvalue weighted by molar-refractivity contribution is 6.30. The summed E-state index contributed by atoms with van der Waals surface area (Å²) >= 11 is 5.95. The van der Waals surface area contributed by atoms with Crippen LogP contribution in [0.25, 0.3) is 10.9 Å². The number of benzene rings is 2. The summed E-state index contributed by atoms with van der Waals surface area (Å²) in [4.78, 5) is 0. The van der Waals surface area contributed by atoms with Crippen LogP contribution >= 0.6 is 11.6 Å². The molecule has 0 unspecified atom stereocenters. The first kappa shape index (κ1) is 18.8. The minimum atomic E-state index is 0.533. The maximum Gasteiger partial charge on any atom is 0.128 e. The maximum absolute atomic E-state index is 6.03. The van der Waals surface area contributed by atoms with Crippen molar-refractivity contribution < 1.29 is 4.74 Å². The van der Waals surface area contributed by atoms with Gasteiger partial charge in [-0.25, -0.2) is 0 Å². The van der Waals surface area contributed by atoms with Gasteiger partial charge in [-0.2, -0.15) is 0 Å². The van der Waals surface area contributed by atoms with Gasteiger partial charge >= 0.3 is 0 Å². The highest BCUT2D eigenvalue weighted by atomic mass is 35.5. The van der Waals surface area contributed by atoms with Crippen molar-refractivity contribution in [1.29, 1.82) is 0 Å². The monoisotopic (exact) mass is 371 g/mol. The van der Waals surface area contributed by atoms with Crippen molar-refractivity contribution in [3.8, 4) is 5.75 Å². The van der Waals surface area contributed by atoms with E-state index in [-0.39, 0.29) is 0 Å². The van der Waals surface area contributed by atoms with Gasteiger partial charge in [0.15, 0.2) is 0 Å². The molecule has 0 spiro atoms. The van der Waals surface area contributed by atoms with Crippen molar-refractivity contribution in [1.82, 2.24) is 9.88 Å². The van der Waals surface area contributed by atoms with Crippen molar-refractivity contribution >= 4 is 22.5 Å². The third kappa shape index (κ3) is 4.39. The number of aryl methyl sites for hydroxylation is 1. The van der Waals surface area contributed by atoms with Gasteiger partial charge in [-0.15, -0.1) is 0 Å². The van der Waals surface area contributed by atoms with Crippen LogP contribution in [0.5, 0.6) is 5.75 Å². The lowest BCUT2D eigenvalue weighted by Crippen LogP contribution is -2.21. The van der Waals surface area contributed by atoms with Crippen LogP contribution in [-0.2, 0) is 20.1 Å². The predicted octanol–water partition coefficient (Wildman–Crippen LogP) is 3.89. The minimum absolute atomic E-state index is 0.533. The molecule has 0 saturated carbocycles. The Hall–Kier alpha value is -2.01. The van der Waals surface area contributed by atoms with Crippen LogP contribution in [0.2, 0.25) is 5.02 Å². The molecule has 3 aromatic rings. The Labute approximate surface area is 159 Å². The number of nitrogens with two attached hydrogens (primary N) is 1. The van der Waals surface area contributed by atoms with Gasteiger partial charge in [0, 0.05) is 23.0 Å². The third-order valence-corrected chi connectivity index (χ3v) is 4.89. The van der Waals surface area contributed by atoms with E-state index in [9.17, 15) is 0 Å². The number of rotatable bonds is 9. The fraction of sp³-hybridized carbons (Fsp3) is 0.333. The lowest BCUT2D eigenvalue weighted by Gasteiger charge is -2.11. The molecule has 0 fully saturated rings. The summed E-state index contributed by atoms with van der Waals surface area (Å²) in [5.41, 5.74) is 9.35. The Balaban J connectivity index is 1.79. The molecule has 0 aliphatic heterocycles. The maximum atomic E-state index is 6.03. The fourth-order valence-corrected chi connectivity index (χ4v) is 3.36. The molecule has 4 nitrogen and oxygen atoms in total. The SMILES string of the molecule is Cn1c(COc2ccc(Cl)cc2)c(CCNCCCN)c2ccccc21. The van der Waals surface area contributed by atoms with Crippen LogP contribution in [0.1, 0.15) is 17.7 Å². The molecule has 1 heterocycles. The van der Waals surface area contributed by atoms with Crippen molar-refractivity contribution in [2.75, 3.05) is 19.6 Å². The van der Waals surface area contributed by atoms with E-state index in [1.807, 2.05) is 24.3 Å². The second kappa shape index (κ2) is 9.08. The van der Waals surface area contributed by atoms with Crippen LogP contribution in [0.15, 0.2) is 48.5 Å². The van der Waals surface area contributed by atoms with E-state index in [0.717, 1.165) is 38.2 Å². The summed E-state index contributed by atoms with van der Waals surface area (Å²) < 4.78 is 8.26. The third-order valence-electron chi connectivity index (χ3n) is 4.64. The Morgan fingerprint density at radius 2 is 1.85 bits per heavy atom. The predicted molar refractivity (Wildman–Crippen MR) is 109 cm³/mol. The lowest BCUT2D eigenvalue weighted by molar-refractivity contribution is 0.296. The zero-order valence-electron chi connectivity index (χ0n) is 15.2. The summed E-state index contributed by atoms with van der Waals surface area (Å²) in [5.74, 6) is 0.826. The van der Waals surface area contributed by atoms with Crippen LogP contribution in [0, 0.1) is 0 Å². The first-order valence-electron chi connectivity index (χ1n) is 9.05. The highest BCUT2D eigenvalue weighted by Crippen LogP contribution is 2.27. The number of ether oxygens (including phenoxy) is 1. The van der Waals surface area contributed by atoms with Crippen LogP contribution in [0.4, 0.5) is 0 Å². The van der Waals surface area contributed by atoms with E-state index in [4.69, 9.17) is 22.1 Å². The molecule has 3 N–H and O–H groups in total. The highest BCUT2D eigenvalue weighted by Gasteiger charge is 2.15. The van der Waals surface area contributed by atoms with Crippen LogP contribution in [-0.4, -0.2) is 24.2 Å². The summed E-state index contributed by atoms with van der Waals surface area (Å²) in [5, 5.41) is 5.48. The van der Waals surface area contributed by atoms with E-state index in [1.165, 1.54) is 22.2 Å². The van der Waals surface area contributed by atoms with Gasteiger partial charge in [0.1, 0.15) is 12.4 Å². The van der Waals surface area contributed by atoms with Crippen LogP contribution in [0.3, 0.4) is 0 Å². The van der Waals surface area contributed by atoms with E-state index in [0.29, 0.717) is 11.6 Å². The summed E-state index contributed by atoms with van der Waals surface area (Å²) in [6.45, 7) is 3.15. The van der Waals surface area contributed by atoms with E-state index < -0.39 is 0 Å². The Bertz CT molecular complexity index is 842. The standard InChI is InChI=1S/C21H26ClN3O/c1-25-20-6-3-2-5-18(20)19(11-14-24-13-4-12-23)21(25)15-26-17-9-7-16(22)8-10-17/h2-3,5-10,24H,4,11-15,23H2,1H3. The smallest absolute Gasteiger partial charge is 0.128 e. The largest absolute Gasteiger partial charge is 0.487 e. The first-order valence-corrected chi connectivity index (χ1v) is 9.43. The molecule has 3 rings (SSSR count). The molecule has 5 heteroatoms. The molecular formula is C21H26ClN3O. The molecular weight excluding hydrogens is 346 g/mol. The fourth-order valence-electron chi connectivity index (χ4n) is 3.24. The quantitative estimate of drug-likeness (QED) is 0.561.